The third kappa shape index (κ3) is 3.57. The van der Waals surface area contributed by atoms with Crippen LogP contribution in [-0.2, 0) is 16.1 Å². The van der Waals surface area contributed by atoms with Crippen LogP contribution in [0.1, 0.15) is 64.8 Å². The number of imide groups is 2. The van der Waals surface area contributed by atoms with Gasteiger partial charge in [-0.15, -0.1) is 0 Å². The number of fused-ring (bicyclic) bond motifs is 1. The van der Waals surface area contributed by atoms with E-state index in [1.807, 2.05) is 12.1 Å². The monoisotopic (exact) mass is 424 g/mol. The predicted octanol–water partition coefficient (Wildman–Crippen LogP) is 1.05. The first kappa shape index (κ1) is 20.3. The van der Waals surface area contributed by atoms with E-state index < -0.39 is 23.8 Å². The van der Waals surface area contributed by atoms with Crippen molar-refractivity contribution in [2.24, 2.45) is 5.41 Å². The molecule has 1 aromatic rings. The minimum absolute atomic E-state index is 0.127. The molecule has 0 radical (unpaired) electrons. The van der Waals surface area contributed by atoms with Crippen molar-refractivity contribution in [3.63, 3.8) is 0 Å². The molecule has 164 valence electrons. The van der Waals surface area contributed by atoms with E-state index in [0.717, 1.165) is 36.6 Å². The molecule has 1 spiro atoms. The molecule has 1 aromatic carbocycles. The minimum Gasteiger partial charge on any atom is -0.317 e. The van der Waals surface area contributed by atoms with Gasteiger partial charge in [0.25, 0.3) is 11.8 Å². The molecule has 4 aliphatic rings. The average Bonchev–Trinajstić information content (AvgIpc) is 3.02. The Morgan fingerprint density at radius 2 is 1.71 bits per heavy atom. The smallest absolute Gasteiger partial charge is 0.262 e. The topological polar surface area (TPSA) is 98.8 Å². The van der Waals surface area contributed by atoms with Gasteiger partial charge in [0, 0.05) is 13.0 Å². The molecule has 3 saturated heterocycles. The van der Waals surface area contributed by atoms with Crippen LogP contribution in [0.4, 0.5) is 0 Å². The van der Waals surface area contributed by atoms with Gasteiger partial charge in [-0.2, -0.15) is 0 Å². The van der Waals surface area contributed by atoms with Crippen LogP contribution < -0.4 is 10.6 Å². The summed E-state index contributed by atoms with van der Waals surface area (Å²) in [5, 5.41) is 5.69. The van der Waals surface area contributed by atoms with Gasteiger partial charge in [-0.1, -0.05) is 12.1 Å². The number of hydrogen-bond donors (Lipinski definition) is 2. The van der Waals surface area contributed by atoms with E-state index in [4.69, 9.17) is 0 Å². The Kier molecular flexibility index (Phi) is 5.14. The lowest BCUT2D eigenvalue weighted by atomic mass is 9.71. The highest BCUT2D eigenvalue weighted by atomic mass is 16.2. The maximum Gasteiger partial charge on any atom is 0.262 e. The molecular formula is C23H28N4O4. The van der Waals surface area contributed by atoms with Crippen LogP contribution in [0, 0.1) is 5.41 Å². The van der Waals surface area contributed by atoms with Crippen molar-refractivity contribution in [2.75, 3.05) is 26.2 Å². The number of carbonyl (C=O) groups excluding carboxylic acids is 4. The maximum atomic E-state index is 13.3. The summed E-state index contributed by atoms with van der Waals surface area (Å²) < 4.78 is 0. The lowest BCUT2D eigenvalue weighted by Gasteiger charge is -2.44. The van der Waals surface area contributed by atoms with Gasteiger partial charge in [-0.3, -0.25) is 34.3 Å². The van der Waals surface area contributed by atoms with Crippen molar-refractivity contribution in [3.8, 4) is 0 Å². The standard InChI is InChI=1S/C23H28N4O4/c28-18-5-4-17(20(29)25-18)27-21(30)16-3-1-2-15(19(16)22(27)31)14-26-12-8-23(9-13-26)6-10-24-11-7-23/h1-3,17,24H,4-14H2,(H,25,28,29). The fourth-order valence-corrected chi connectivity index (χ4v) is 5.60. The molecule has 4 aliphatic heterocycles. The van der Waals surface area contributed by atoms with Crippen LogP contribution in [0.5, 0.6) is 0 Å². The second-order valence-corrected chi connectivity index (χ2v) is 9.31. The Balaban J connectivity index is 1.33. The van der Waals surface area contributed by atoms with Gasteiger partial charge >= 0.3 is 0 Å². The van der Waals surface area contributed by atoms with E-state index in [2.05, 4.69) is 15.5 Å². The van der Waals surface area contributed by atoms with Crippen molar-refractivity contribution in [1.82, 2.24) is 20.4 Å². The first-order valence-electron chi connectivity index (χ1n) is 11.2. The van der Waals surface area contributed by atoms with E-state index in [9.17, 15) is 19.2 Å². The van der Waals surface area contributed by atoms with E-state index in [-0.39, 0.29) is 18.7 Å². The van der Waals surface area contributed by atoms with Crippen molar-refractivity contribution >= 4 is 23.6 Å². The summed E-state index contributed by atoms with van der Waals surface area (Å²) in [6, 6.07) is 4.46. The fraction of sp³-hybridized carbons (Fsp3) is 0.565. The first-order valence-corrected chi connectivity index (χ1v) is 11.2. The number of amides is 4. The van der Waals surface area contributed by atoms with Crippen molar-refractivity contribution in [1.29, 1.82) is 0 Å². The molecule has 0 aromatic heterocycles. The third-order valence-corrected chi connectivity index (χ3v) is 7.53. The van der Waals surface area contributed by atoms with Gasteiger partial charge in [0.05, 0.1) is 11.1 Å². The van der Waals surface area contributed by atoms with Gasteiger partial charge < -0.3 is 5.32 Å². The van der Waals surface area contributed by atoms with Gasteiger partial charge in [-0.25, -0.2) is 0 Å². The van der Waals surface area contributed by atoms with E-state index in [1.54, 1.807) is 6.07 Å². The van der Waals surface area contributed by atoms with Crippen molar-refractivity contribution < 1.29 is 19.2 Å². The Morgan fingerprint density at radius 3 is 2.42 bits per heavy atom. The molecule has 4 heterocycles. The number of piperidine rings is 3. The number of rotatable bonds is 3. The summed E-state index contributed by atoms with van der Waals surface area (Å²) in [5.74, 6) is -1.80. The van der Waals surface area contributed by atoms with E-state index in [1.165, 1.54) is 25.7 Å². The molecule has 8 nitrogen and oxygen atoms in total. The molecule has 0 saturated carbocycles. The summed E-state index contributed by atoms with van der Waals surface area (Å²) in [5.41, 5.74) is 2.07. The molecule has 3 fully saturated rings. The lowest BCUT2D eigenvalue weighted by Crippen LogP contribution is -2.54. The zero-order valence-electron chi connectivity index (χ0n) is 17.6. The summed E-state index contributed by atoms with van der Waals surface area (Å²) in [6.45, 7) is 4.79. The Bertz CT molecular complexity index is 943. The normalized spacial score (nSPS) is 26.3. The minimum atomic E-state index is -0.923. The molecule has 0 bridgehead atoms. The molecule has 31 heavy (non-hydrogen) atoms. The summed E-state index contributed by atoms with van der Waals surface area (Å²) in [7, 11) is 0. The summed E-state index contributed by atoms with van der Waals surface area (Å²) in [6.07, 6.45) is 5.10. The number of carbonyl (C=O) groups is 4. The van der Waals surface area contributed by atoms with Gasteiger partial charge in [0.2, 0.25) is 11.8 Å². The summed E-state index contributed by atoms with van der Waals surface area (Å²) in [4.78, 5) is 53.4. The highest BCUT2D eigenvalue weighted by molar-refractivity contribution is 6.24. The SMILES string of the molecule is O=C1CCC(N2C(=O)c3cccc(CN4CCC5(CCNCC5)CC4)c3C2=O)C(=O)N1. The number of nitrogens with one attached hydrogen (secondary N) is 2. The van der Waals surface area contributed by atoms with Crippen LogP contribution in [0.3, 0.4) is 0 Å². The molecule has 2 N–H and O–H groups in total. The molecule has 5 rings (SSSR count). The molecular weight excluding hydrogens is 396 g/mol. The quantitative estimate of drug-likeness (QED) is 0.704. The highest BCUT2D eigenvalue weighted by Gasteiger charge is 2.45. The van der Waals surface area contributed by atoms with Gasteiger partial charge in [0.1, 0.15) is 6.04 Å². The van der Waals surface area contributed by atoms with Crippen LogP contribution >= 0.6 is 0 Å². The molecule has 4 amide bonds. The number of benzene rings is 1. The van der Waals surface area contributed by atoms with E-state index >= 15 is 0 Å². The highest BCUT2D eigenvalue weighted by Crippen LogP contribution is 2.40. The van der Waals surface area contributed by atoms with Gasteiger partial charge in [-0.05, 0) is 75.3 Å². The number of likely N-dealkylation sites (tertiary alicyclic amines) is 1. The van der Waals surface area contributed by atoms with Crippen molar-refractivity contribution in [3.05, 3.63) is 34.9 Å². The Labute approximate surface area is 181 Å². The molecule has 8 heteroatoms. The lowest BCUT2D eigenvalue weighted by molar-refractivity contribution is -0.136. The second kappa shape index (κ2) is 7.84. The number of nitrogens with zero attached hydrogens (tertiary/aromatic N) is 2. The van der Waals surface area contributed by atoms with Crippen molar-refractivity contribution in [2.45, 2.75) is 51.1 Å². The van der Waals surface area contributed by atoms with E-state index in [0.29, 0.717) is 23.1 Å². The second-order valence-electron chi connectivity index (χ2n) is 9.31. The first-order chi connectivity index (χ1) is 15.0. The predicted molar refractivity (Wildman–Crippen MR) is 112 cm³/mol. The van der Waals surface area contributed by atoms with Crippen LogP contribution in [-0.4, -0.2) is 65.6 Å². The average molecular weight is 425 g/mol. The molecule has 0 aliphatic carbocycles. The Morgan fingerprint density at radius 1 is 0.968 bits per heavy atom. The van der Waals surface area contributed by atoms with Crippen LogP contribution in [0.15, 0.2) is 18.2 Å². The Hall–Kier alpha value is -2.58. The maximum absolute atomic E-state index is 13.3. The largest absolute Gasteiger partial charge is 0.317 e. The zero-order chi connectivity index (χ0) is 21.6. The molecule has 1 atom stereocenters. The number of hydrogen-bond acceptors (Lipinski definition) is 6. The van der Waals surface area contributed by atoms with Gasteiger partial charge in [0.15, 0.2) is 0 Å². The summed E-state index contributed by atoms with van der Waals surface area (Å²) >= 11 is 0. The third-order valence-electron chi connectivity index (χ3n) is 7.53. The zero-order valence-corrected chi connectivity index (χ0v) is 17.6. The molecule has 1 unspecified atom stereocenters. The van der Waals surface area contributed by atoms with Crippen LogP contribution in [0.2, 0.25) is 0 Å². The van der Waals surface area contributed by atoms with Crippen LogP contribution in [0.25, 0.3) is 0 Å². The fourth-order valence-electron chi connectivity index (χ4n) is 5.60.